The van der Waals surface area contributed by atoms with Gasteiger partial charge in [0.05, 0.1) is 0 Å². The maximum absolute atomic E-state index is 10.7. The highest BCUT2D eigenvalue weighted by molar-refractivity contribution is 5.45. The summed E-state index contributed by atoms with van der Waals surface area (Å²) < 4.78 is 0. The van der Waals surface area contributed by atoms with E-state index in [2.05, 4.69) is 15.2 Å². The molecule has 1 N–H and O–H groups in total. The van der Waals surface area contributed by atoms with Gasteiger partial charge in [-0.15, -0.1) is 0 Å². The van der Waals surface area contributed by atoms with E-state index in [1.807, 2.05) is 6.07 Å². The normalized spacial score (nSPS) is 27.2. The van der Waals surface area contributed by atoms with E-state index in [-0.39, 0.29) is 5.82 Å². The molecule has 2 atom stereocenters. The Bertz CT molecular complexity index is 451. The summed E-state index contributed by atoms with van der Waals surface area (Å²) in [6.07, 6.45) is 1.14. The lowest BCUT2D eigenvalue weighted by Crippen LogP contribution is -2.34. The van der Waals surface area contributed by atoms with Crippen LogP contribution in [-0.4, -0.2) is 35.6 Å². The topological polar surface area (TPSA) is 71.3 Å². The molecule has 2 unspecified atom stereocenters. The second kappa shape index (κ2) is 3.96. The standard InChI is InChI=1S/C11H14N4O2/c16-15(17)11-3-1-2-10(13-11)14-5-4-8-6-12-7-9(8)14/h1-3,8-9,12H,4-7H2. The monoisotopic (exact) mass is 234 g/mol. The number of nitro groups is 1. The maximum atomic E-state index is 10.7. The molecule has 0 spiro atoms. The third-order valence-electron chi connectivity index (χ3n) is 3.65. The molecule has 6 nitrogen and oxygen atoms in total. The van der Waals surface area contributed by atoms with Crippen molar-refractivity contribution in [2.45, 2.75) is 12.5 Å². The number of anilines is 1. The van der Waals surface area contributed by atoms with Crippen molar-refractivity contribution < 1.29 is 4.92 Å². The molecular weight excluding hydrogens is 220 g/mol. The lowest BCUT2D eigenvalue weighted by Gasteiger charge is -2.21. The lowest BCUT2D eigenvalue weighted by atomic mass is 10.1. The average molecular weight is 234 g/mol. The van der Waals surface area contributed by atoms with E-state index in [0.717, 1.165) is 31.9 Å². The highest BCUT2D eigenvalue weighted by atomic mass is 16.6. The molecular formula is C11H14N4O2. The van der Waals surface area contributed by atoms with Crippen LogP contribution in [0.15, 0.2) is 18.2 Å². The van der Waals surface area contributed by atoms with Crippen molar-refractivity contribution in [2.24, 2.45) is 5.92 Å². The van der Waals surface area contributed by atoms with Gasteiger partial charge in [-0.05, 0) is 28.3 Å². The van der Waals surface area contributed by atoms with Crippen LogP contribution < -0.4 is 10.2 Å². The van der Waals surface area contributed by atoms with Crippen molar-refractivity contribution in [3.8, 4) is 0 Å². The van der Waals surface area contributed by atoms with Crippen molar-refractivity contribution in [3.05, 3.63) is 28.3 Å². The van der Waals surface area contributed by atoms with E-state index >= 15 is 0 Å². The van der Waals surface area contributed by atoms with E-state index in [1.165, 1.54) is 6.07 Å². The minimum Gasteiger partial charge on any atom is -0.358 e. The van der Waals surface area contributed by atoms with E-state index in [0.29, 0.717) is 12.0 Å². The van der Waals surface area contributed by atoms with Gasteiger partial charge >= 0.3 is 5.82 Å². The second-order valence-electron chi connectivity index (χ2n) is 4.58. The number of hydrogen-bond acceptors (Lipinski definition) is 5. The Morgan fingerprint density at radius 3 is 3.18 bits per heavy atom. The zero-order chi connectivity index (χ0) is 11.8. The Labute approximate surface area is 98.8 Å². The fraction of sp³-hybridized carbons (Fsp3) is 0.545. The van der Waals surface area contributed by atoms with Crippen LogP contribution in [0.2, 0.25) is 0 Å². The average Bonchev–Trinajstić information content (AvgIpc) is 2.90. The summed E-state index contributed by atoms with van der Waals surface area (Å²) >= 11 is 0. The maximum Gasteiger partial charge on any atom is 0.365 e. The summed E-state index contributed by atoms with van der Waals surface area (Å²) in [7, 11) is 0. The Hall–Kier alpha value is -1.69. The molecule has 17 heavy (non-hydrogen) atoms. The first-order chi connectivity index (χ1) is 8.25. The highest BCUT2D eigenvalue weighted by Crippen LogP contribution is 2.31. The number of rotatable bonds is 2. The Morgan fingerprint density at radius 1 is 1.47 bits per heavy atom. The van der Waals surface area contributed by atoms with Crippen molar-refractivity contribution >= 4 is 11.6 Å². The van der Waals surface area contributed by atoms with Crippen LogP contribution in [0.3, 0.4) is 0 Å². The summed E-state index contributed by atoms with van der Waals surface area (Å²) in [6, 6.07) is 5.44. The molecule has 1 aromatic rings. The number of nitrogens with one attached hydrogen (secondary N) is 1. The van der Waals surface area contributed by atoms with Gasteiger partial charge in [0.25, 0.3) is 0 Å². The third kappa shape index (κ3) is 1.74. The van der Waals surface area contributed by atoms with E-state index in [4.69, 9.17) is 0 Å². The summed E-state index contributed by atoms with van der Waals surface area (Å²) in [4.78, 5) is 16.6. The Morgan fingerprint density at radius 2 is 2.35 bits per heavy atom. The van der Waals surface area contributed by atoms with Gasteiger partial charge in [0.1, 0.15) is 0 Å². The molecule has 3 heterocycles. The summed E-state index contributed by atoms with van der Waals surface area (Å²) in [5.41, 5.74) is 0. The summed E-state index contributed by atoms with van der Waals surface area (Å²) in [5.74, 6) is 1.32. The van der Waals surface area contributed by atoms with E-state index in [9.17, 15) is 10.1 Å². The van der Waals surface area contributed by atoms with Crippen molar-refractivity contribution in [1.82, 2.24) is 10.3 Å². The second-order valence-corrected chi connectivity index (χ2v) is 4.58. The van der Waals surface area contributed by atoms with Gasteiger partial charge in [-0.3, -0.25) is 0 Å². The Balaban J connectivity index is 1.88. The quantitative estimate of drug-likeness (QED) is 0.605. The molecule has 0 saturated carbocycles. The van der Waals surface area contributed by atoms with E-state index < -0.39 is 4.92 Å². The first-order valence-electron chi connectivity index (χ1n) is 5.84. The van der Waals surface area contributed by atoms with Gasteiger partial charge in [0.2, 0.25) is 5.82 Å². The largest absolute Gasteiger partial charge is 0.365 e. The van der Waals surface area contributed by atoms with Crippen molar-refractivity contribution in [1.29, 1.82) is 0 Å². The molecule has 0 bridgehead atoms. The minimum absolute atomic E-state index is 0.0723. The molecule has 0 aliphatic carbocycles. The first-order valence-corrected chi connectivity index (χ1v) is 5.84. The van der Waals surface area contributed by atoms with Crippen LogP contribution in [-0.2, 0) is 0 Å². The van der Waals surface area contributed by atoms with Gasteiger partial charge in [-0.25, -0.2) is 0 Å². The SMILES string of the molecule is O=[N+]([O-])c1cccc(N2CCC3CNCC32)n1. The smallest absolute Gasteiger partial charge is 0.358 e. The number of aromatic nitrogens is 1. The lowest BCUT2D eigenvalue weighted by molar-refractivity contribution is -0.389. The van der Waals surface area contributed by atoms with Crippen LogP contribution in [0.25, 0.3) is 0 Å². The fourth-order valence-corrected chi connectivity index (χ4v) is 2.81. The zero-order valence-electron chi connectivity index (χ0n) is 9.37. The molecule has 0 radical (unpaired) electrons. The van der Waals surface area contributed by atoms with Gasteiger partial charge in [-0.1, -0.05) is 0 Å². The first kappa shape index (κ1) is 10.5. The summed E-state index contributed by atoms with van der Waals surface area (Å²) in [6.45, 7) is 2.95. The van der Waals surface area contributed by atoms with Crippen molar-refractivity contribution in [2.75, 3.05) is 24.5 Å². The van der Waals surface area contributed by atoms with Gasteiger partial charge < -0.3 is 20.3 Å². The molecule has 3 rings (SSSR count). The molecule has 6 heteroatoms. The Kier molecular flexibility index (Phi) is 2.44. The van der Waals surface area contributed by atoms with E-state index in [1.54, 1.807) is 6.07 Å². The summed E-state index contributed by atoms with van der Waals surface area (Å²) in [5, 5.41) is 14.1. The van der Waals surface area contributed by atoms with Crippen LogP contribution >= 0.6 is 0 Å². The molecule has 2 fully saturated rings. The van der Waals surface area contributed by atoms with Crippen LogP contribution in [0.1, 0.15) is 6.42 Å². The number of hydrogen-bond donors (Lipinski definition) is 1. The van der Waals surface area contributed by atoms with Crippen LogP contribution in [0.5, 0.6) is 0 Å². The molecule has 0 aromatic carbocycles. The molecule has 2 saturated heterocycles. The molecule has 2 aliphatic heterocycles. The zero-order valence-corrected chi connectivity index (χ0v) is 9.37. The number of fused-ring (bicyclic) bond motifs is 1. The van der Waals surface area contributed by atoms with Crippen molar-refractivity contribution in [3.63, 3.8) is 0 Å². The molecule has 1 aromatic heterocycles. The molecule has 2 aliphatic rings. The predicted molar refractivity (Wildman–Crippen MR) is 63.0 cm³/mol. The molecule has 0 amide bonds. The van der Waals surface area contributed by atoms with Gasteiger partial charge in [0, 0.05) is 37.8 Å². The highest BCUT2D eigenvalue weighted by Gasteiger charge is 2.39. The van der Waals surface area contributed by atoms with Gasteiger partial charge in [-0.2, -0.15) is 0 Å². The van der Waals surface area contributed by atoms with Crippen LogP contribution in [0.4, 0.5) is 11.6 Å². The minimum atomic E-state index is -0.441. The molecule has 90 valence electrons. The predicted octanol–water partition coefficient (Wildman–Crippen LogP) is 0.788. The number of nitrogens with zero attached hydrogens (tertiary/aromatic N) is 3. The third-order valence-corrected chi connectivity index (χ3v) is 3.65. The van der Waals surface area contributed by atoms with Crippen LogP contribution in [0, 0.1) is 16.0 Å². The number of pyridine rings is 1. The van der Waals surface area contributed by atoms with Gasteiger partial charge in [0.15, 0.2) is 0 Å². The fourth-order valence-electron chi connectivity index (χ4n) is 2.81.